The number of halogens is 2. The van der Waals surface area contributed by atoms with E-state index in [0.717, 1.165) is 10.9 Å². The van der Waals surface area contributed by atoms with Crippen LogP contribution in [0.5, 0.6) is 0 Å². The van der Waals surface area contributed by atoms with Crippen molar-refractivity contribution in [1.29, 1.82) is 0 Å². The molecule has 0 spiro atoms. The lowest BCUT2D eigenvalue weighted by Gasteiger charge is -2.21. The topological polar surface area (TPSA) is 15.8 Å². The molecule has 15 heavy (non-hydrogen) atoms. The molecule has 0 aliphatic heterocycles. The number of nitrogens with one attached hydrogen (secondary N) is 1. The molecule has 0 amide bonds. The van der Waals surface area contributed by atoms with E-state index in [2.05, 4.69) is 4.98 Å². The summed E-state index contributed by atoms with van der Waals surface area (Å²) < 4.78 is 13.8. The van der Waals surface area contributed by atoms with E-state index in [4.69, 9.17) is 11.6 Å². The number of rotatable bonds is 0. The van der Waals surface area contributed by atoms with Crippen LogP contribution in [-0.2, 0) is 5.41 Å². The molecule has 2 rings (SSSR count). The monoisotopic (exact) mass is 225 g/mol. The molecule has 0 fully saturated rings. The van der Waals surface area contributed by atoms with Crippen molar-refractivity contribution in [3.05, 3.63) is 34.7 Å². The standard InChI is InChI=1S/C12H13ClFN/c1-12(2,3)11-8(14)4-5-9-10(11)7(13)6-15-9/h4-6,15H,1-3H3. The lowest BCUT2D eigenvalue weighted by atomic mass is 9.84. The molecule has 1 nitrogen and oxygen atoms in total. The average molecular weight is 226 g/mol. The summed E-state index contributed by atoms with van der Waals surface area (Å²) in [5, 5.41) is 1.37. The van der Waals surface area contributed by atoms with Crippen molar-refractivity contribution < 1.29 is 4.39 Å². The smallest absolute Gasteiger partial charge is 0.127 e. The average Bonchev–Trinajstić information content (AvgIpc) is 2.46. The predicted octanol–water partition coefficient (Wildman–Crippen LogP) is 4.26. The Bertz CT molecular complexity index is 508. The first-order valence-electron chi connectivity index (χ1n) is 4.87. The van der Waals surface area contributed by atoms with Crippen molar-refractivity contribution in [3.8, 4) is 0 Å². The van der Waals surface area contributed by atoms with Gasteiger partial charge in [0.25, 0.3) is 0 Å². The highest BCUT2D eigenvalue weighted by atomic mass is 35.5. The molecule has 0 atom stereocenters. The van der Waals surface area contributed by atoms with Gasteiger partial charge < -0.3 is 4.98 Å². The fraction of sp³-hybridized carbons (Fsp3) is 0.333. The first kappa shape index (κ1) is 10.5. The summed E-state index contributed by atoms with van der Waals surface area (Å²) in [6, 6.07) is 3.20. The third-order valence-corrected chi connectivity index (χ3v) is 2.80. The molecule has 80 valence electrons. The number of fused-ring (bicyclic) bond motifs is 1. The first-order chi connectivity index (χ1) is 6.91. The van der Waals surface area contributed by atoms with E-state index in [0.29, 0.717) is 10.6 Å². The maximum Gasteiger partial charge on any atom is 0.127 e. The normalized spacial score (nSPS) is 12.3. The summed E-state index contributed by atoms with van der Waals surface area (Å²) in [5.74, 6) is -0.198. The molecule has 2 aromatic rings. The van der Waals surface area contributed by atoms with Gasteiger partial charge in [0.2, 0.25) is 0 Å². The minimum atomic E-state index is -0.255. The Balaban J connectivity index is 2.90. The van der Waals surface area contributed by atoms with Gasteiger partial charge in [-0.15, -0.1) is 0 Å². The molecule has 0 radical (unpaired) electrons. The quantitative estimate of drug-likeness (QED) is 0.690. The van der Waals surface area contributed by atoms with Gasteiger partial charge in [-0.05, 0) is 17.5 Å². The summed E-state index contributed by atoms with van der Waals surface area (Å²) in [6.45, 7) is 5.94. The minimum Gasteiger partial charge on any atom is -0.360 e. The van der Waals surface area contributed by atoms with Crippen molar-refractivity contribution >= 4 is 22.5 Å². The number of aromatic nitrogens is 1. The number of aromatic amines is 1. The number of hydrogen-bond acceptors (Lipinski definition) is 0. The van der Waals surface area contributed by atoms with Crippen molar-refractivity contribution in [1.82, 2.24) is 4.98 Å². The van der Waals surface area contributed by atoms with Crippen LogP contribution >= 0.6 is 11.6 Å². The maximum atomic E-state index is 13.8. The SMILES string of the molecule is CC(C)(C)c1c(F)ccc2[nH]cc(Cl)c12. The van der Waals surface area contributed by atoms with E-state index >= 15 is 0 Å². The lowest BCUT2D eigenvalue weighted by Crippen LogP contribution is -2.14. The molecule has 1 N–H and O–H groups in total. The van der Waals surface area contributed by atoms with Crippen LogP contribution in [0.4, 0.5) is 4.39 Å². The summed E-state index contributed by atoms with van der Waals surface area (Å²) in [4.78, 5) is 3.03. The Hall–Kier alpha value is -1.02. The molecule has 0 bridgehead atoms. The number of benzene rings is 1. The van der Waals surface area contributed by atoms with Gasteiger partial charge >= 0.3 is 0 Å². The molecule has 3 heteroatoms. The second-order valence-electron chi connectivity index (χ2n) is 4.73. The zero-order chi connectivity index (χ0) is 11.2. The zero-order valence-corrected chi connectivity index (χ0v) is 9.74. The summed E-state index contributed by atoms with van der Waals surface area (Å²) in [7, 11) is 0. The van der Waals surface area contributed by atoms with Gasteiger partial charge in [-0.1, -0.05) is 32.4 Å². The van der Waals surface area contributed by atoms with E-state index in [-0.39, 0.29) is 11.2 Å². The van der Waals surface area contributed by atoms with Crippen molar-refractivity contribution in [2.45, 2.75) is 26.2 Å². The minimum absolute atomic E-state index is 0.198. The van der Waals surface area contributed by atoms with Gasteiger partial charge in [0, 0.05) is 22.7 Å². The molecule has 0 saturated heterocycles. The van der Waals surface area contributed by atoms with Crippen LogP contribution in [0.3, 0.4) is 0 Å². The fourth-order valence-corrected chi connectivity index (χ4v) is 2.14. The van der Waals surface area contributed by atoms with Crippen LogP contribution in [0.25, 0.3) is 10.9 Å². The van der Waals surface area contributed by atoms with Gasteiger partial charge in [0.1, 0.15) is 5.82 Å². The van der Waals surface area contributed by atoms with E-state index in [1.54, 1.807) is 12.3 Å². The largest absolute Gasteiger partial charge is 0.360 e. The number of hydrogen-bond donors (Lipinski definition) is 1. The second kappa shape index (κ2) is 3.24. The highest BCUT2D eigenvalue weighted by Crippen LogP contribution is 2.35. The van der Waals surface area contributed by atoms with Crippen LogP contribution in [0, 0.1) is 5.82 Å². The molecule has 0 aliphatic rings. The van der Waals surface area contributed by atoms with Gasteiger partial charge in [0.15, 0.2) is 0 Å². The van der Waals surface area contributed by atoms with Crippen LogP contribution in [0.2, 0.25) is 5.02 Å². The third kappa shape index (κ3) is 1.63. The second-order valence-corrected chi connectivity index (χ2v) is 5.14. The summed E-state index contributed by atoms with van der Waals surface area (Å²) in [6.07, 6.45) is 1.70. The molecular formula is C12H13ClFN. The maximum absolute atomic E-state index is 13.8. The lowest BCUT2D eigenvalue weighted by molar-refractivity contribution is 0.528. The summed E-state index contributed by atoms with van der Waals surface area (Å²) >= 11 is 6.06. The Morgan fingerprint density at radius 2 is 1.93 bits per heavy atom. The Labute approximate surface area is 93.3 Å². The molecule has 1 aromatic heterocycles. The molecular weight excluding hydrogens is 213 g/mol. The highest BCUT2D eigenvalue weighted by molar-refractivity contribution is 6.35. The van der Waals surface area contributed by atoms with Crippen molar-refractivity contribution in [2.75, 3.05) is 0 Å². The molecule has 0 unspecified atom stereocenters. The van der Waals surface area contributed by atoms with Crippen molar-refractivity contribution in [2.24, 2.45) is 0 Å². The van der Waals surface area contributed by atoms with Gasteiger partial charge in [-0.3, -0.25) is 0 Å². The zero-order valence-electron chi connectivity index (χ0n) is 8.99. The van der Waals surface area contributed by atoms with E-state index in [9.17, 15) is 4.39 Å². The third-order valence-electron chi connectivity index (χ3n) is 2.50. The molecule has 1 heterocycles. The Morgan fingerprint density at radius 1 is 1.27 bits per heavy atom. The van der Waals surface area contributed by atoms with Crippen LogP contribution in [0.1, 0.15) is 26.3 Å². The fourth-order valence-electron chi connectivity index (χ4n) is 1.89. The van der Waals surface area contributed by atoms with Gasteiger partial charge in [-0.2, -0.15) is 0 Å². The van der Waals surface area contributed by atoms with Crippen molar-refractivity contribution in [3.63, 3.8) is 0 Å². The van der Waals surface area contributed by atoms with Crippen LogP contribution in [0.15, 0.2) is 18.3 Å². The van der Waals surface area contributed by atoms with E-state index in [1.807, 2.05) is 20.8 Å². The van der Waals surface area contributed by atoms with Gasteiger partial charge in [0.05, 0.1) is 5.02 Å². The predicted molar refractivity (Wildman–Crippen MR) is 62.0 cm³/mol. The molecule has 1 aromatic carbocycles. The van der Waals surface area contributed by atoms with Crippen LogP contribution < -0.4 is 0 Å². The van der Waals surface area contributed by atoms with Gasteiger partial charge in [-0.25, -0.2) is 4.39 Å². The van der Waals surface area contributed by atoms with E-state index < -0.39 is 0 Å². The first-order valence-corrected chi connectivity index (χ1v) is 5.24. The Morgan fingerprint density at radius 3 is 2.53 bits per heavy atom. The number of H-pyrrole nitrogens is 1. The van der Waals surface area contributed by atoms with Crippen LogP contribution in [-0.4, -0.2) is 4.98 Å². The molecule has 0 aliphatic carbocycles. The highest BCUT2D eigenvalue weighted by Gasteiger charge is 2.23. The Kier molecular flexibility index (Phi) is 2.27. The summed E-state index contributed by atoms with van der Waals surface area (Å²) in [5.41, 5.74) is 1.30. The van der Waals surface area contributed by atoms with E-state index in [1.165, 1.54) is 6.07 Å². The molecule has 0 saturated carbocycles.